The van der Waals surface area contributed by atoms with E-state index in [1.807, 2.05) is 0 Å². The molecule has 0 aromatic heterocycles. The maximum absolute atomic E-state index is 11.7. The van der Waals surface area contributed by atoms with Crippen molar-refractivity contribution in [3.05, 3.63) is 0 Å². The topological polar surface area (TPSA) is 55.8 Å². The van der Waals surface area contributed by atoms with Crippen LogP contribution in [-0.2, 0) is 13.6 Å². The van der Waals surface area contributed by atoms with Crippen LogP contribution in [-0.4, -0.2) is 30.7 Å². The monoisotopic (exact) mass is 228 g/mol. The SMILES string of the molecule is CCOP(=O)(OCC)SCCCO. The van der Waals surface area contributed by atoms with Gasteiger partial charge in [0.2, 0.25) is 0 Å². The van der Waals surface area contributed by atoms with Crippen molar-refractivity contribution in [2.45, 2.75) is 20.3 Å². The van der Waals surface area contributed by atoms with Crippen LogP contribution in [0.5, 0.6) is 0 Å². The molecule has 0 aliphatic heterocycles. The normalized spacial score (nSPS) is 11.9. The van der Waals surface area contributed by atoms with Crippen molar-refractivity contribution in [2.75, 3.05) is 25.6 Å². The highest BCUT2D eigenvalue weighted by molar-refractivity contribution is 8.55. The molecule has 80 valence electrons. The molecule has 0 radical (unpaired) electrons. The maximum atomic E-state index is 11.7. The molecule has 0 rings (SSSR count). The van der Waals surface area contributed by atoms with Crippen LogP contribution in [0, 0.1) is 0 Å². The van der Waals surface area contributed by atoms with Crippen LogP contribution in [0.1, 0.15) is 20.3 Å². The van der Waals surface area contributed by atoms with E-state index in [0.717, 1.165) is 11.4 Å². The summed E-state index contributed by atoms with van der Waals surface area (Å²) in [4.78, 5) is 0. The summed E-state index contributed by atoms with van der Waals surface area (Å²) in [5, 5.41) is 8.54. The van der Waals surface area contributed by atoms with E-state index >= 15 is 0 Å². The smallest absolute Gasteiger partial charge is 0.389 e. The number of aliphatic hydroxyl groups excluding tert-OH is 1. The molecule has 1 N–H and O–H groups in total. The number of hydrogen-bond acceptors (Lipinski definition) is 5. The van der Waals surface area contributed by atoms with Crippen molar-refractivity contribution in [1.29, 1.82) is 0 Å². The van der Waals surface area contributed by atoms with Crippen molar-refractivity contribution < 1.29 is 18.7 Å². The molecule has 0 aliphatic rings. The predicted molar refractivity (Wildman–Crippen MR) is 55.0 cm³/mol. The number of hydrogen-bond donors (Lipinski definition) is 1. The lowest BCUT2D eigenvalue weighted by atomic mass is 10.5. The molecule has 4 nitrogen and oxygen atoms in total. The van der Waals surface area contributed by atoms with E-state index in [4.69, 9.17) is 14.2 Å². The number of rotatable bonds is 8. The highest BCUT2D eigenvalue weighted by Crippen LogP contribution is 2.60. The minimum absolute atomic E-state index is 0.102. The van der Waals surface area contributed by atoms with Gasteiger partial charge in [-0.25, -0.2) is 4.57 Å². The zero-order valence-electron chi connectivity index (χ0n) is 8.06. The van der Waals surface area contributed by atoms with Crippen LogP contribution in [0.4, 0.5) is 0 Å². The molecule has 0 bridgehead atoms. The van der Waals surface area contributed by atoms with Crippen LogP contribution in [0.2, 0.25) is 0 Å². The first-order valence-electron chi connectivity index (χ1n) is 4.33. The molecule has 0 fully saturated rings. The second-order valence-corrected chi connectivity index (χ2v) is 6.39. The Labute approximate surface area is 83.3 Å². The van der Waals surface area contributed by atoms with Crippen LogP contribution < -0.4 is 0 Å². The lowest BCUT2D eigenvalue weighted by Crippen LogP contribution is -1.94. The summed E-state index contributed by atoms with van der Waals surface area (Å²) in [7, 11) is 0. The second kappa shape index (κ2) is 7.83. The van der Waals surface area contributed by atoms with Crippen LogP contribution >= 0.6 is 18.2 Å². The summed E-state index contributed by atoms with van der Waals surface area (Å²) in [6.45, 7) is 1.47. The zero-order chi connectivity index (χ0) is 10.2. The second-order valence-electron chi connectivity index (χ2n) is 2.19. The van der Waals surface area contributed by atoms with E-state index in [1.165, 1.54) is 0 Å². The molecule has 0 aromatic carbocycles. The molecule has 0 amide bonds. The average Bonchev–Trinajstić information content (AvgIpc) is 2.05. The summed E-state index contributed by atoms with van der Waals surface area (Å²) in [6.07, 6.45) is 0.606. The molecular formula is C7H17O4PS. The largest absolute Gasteiger partial charge is 0.396 e. The van der Waals surface area contributed by atoms with Crippen molar-refractivity contribution in [3.8, 4) is 0 Å². The van der Waals surface area contributed by atoms with Gasteiger partial charge in [-0.2, -0.15) is 0 Å². The Hall–Kier alpha value is 0.460. The Morgan fingerprint density at radius 2 is 1.85 bits per heavy atom. The third-order valence-electron chi connectivity index (χ3n) is 1.13. The van der Waals surface area contributed by atoms with E-state index in [0.29, 0.717) is 25.4 Å². The molecule has 0 heterocycles. The standard InChI is InChI=1S/C7H17O4PS/c1-3-10-12(9,11-4-2)13-7-5-6-8/h8H,3-7H2,1-2H3. The third kappa shape index (κ3) is 6.52. The highest BCUT2D eigenvalue weighted by atomic mass is 32.7. The Bertz CT molecular complexity index is 155. The van der Waals surface area contributed by atoms with E-state index in [9.17, 15) is 4.57 Å². The van der Waals surface area contributed by atoms with Gasteiger partial charge >= 0.3 is 6.80 Å². The molecule has 13 heavy (non-hydrogen) atoms. The fourth-order valence-electron chi connectivity index (χ4n) is 0.669. The fourth-order valence-corrected chi connectivity index (χ4v) is 4.14. The number of aliphatic hydroxyl groups is 1. The van der Waals surface area contributed by atoms with Crippen LogP contribution in [0.3, 0.4) is 0 Å². The maximum Gasteiger partial charge on any atom is 0.389 e. The van der Waals surface area contributed by atoms with Gasteiger partial charge in [-0.05, 0) is 31.7 Å². The Kier molecular flexibility index (Phi) is 8.10. The molecule has 6 heteroatoms. The van der Waals surface area contributed by atoms with E-state index in [-0.39, 0.29) is 6.61 Å². The molecule has 0 unspecified atom stereocenters. The Balaban J connectivity index is 3.85. The zero-order valence-corrected chi connectivity index (χ0v) is 9.77. The highest BCUT2D eigenvalue weighted by Gasteiger charge is 2.23. The lowest BCUT2D eigenvalue weighted by molar-refractivity contribution is 0.237. The van der Waals surface area contributed by atoms with E-state index in [1.54, 1.807) is 13.8 Å². The van der Waals surface area contributed by atoms with E-state index in [2.05, 4.69) is 0 Å². The van der Waals surface area contributed by atoms with Crippen molar-refractivity contribution in [1.82, 2.24) is 0 Å². The van der Waals surface area contributed by atoms with Gasteiger partial charge in [-0.15, -0.1) is 0 Å². The predicted octanol–water partition coefficient (Wildman–Crippen LogP) is 2.28. The van der Waals surface area contributed by atoms with Gasteiger partial charge in [0.05, 0.1) is 13.2 Å². The van der Waals surface area contributed by atoms with Gasteiger partial charge < -0.3 is 14.2 Å². The van der Waals surface area contributed by atoms with E-state index < -0.39 is 6.80 Å². The van der Waals surface area contributed by atoms with Crippen molar-refractivity contribution in [2.24, 2.45) is 0 Å². The average molecular weight is 228 g/mol. The first-order valence-corrected chi connectivity index (χ1v) is 7.46. The molecule has 0 aromatic rings. The fraction of sp³-hybridized carbons (Fsp3) is 1.00. The summed E-state index contributed by atoms with van der Waals surface area (Å²) in [5.74, 6) is 0.591. The van der Waals surface area contributed by atoms with Gasteiger partial charge in [0.15, 0.2) is 0 Å². The van der Waals surface area contributed by atoms with Gasteiger partial charge in [-0.3, -0.25) is 0 Å². The molecule has 0 saturated heterocycles. The summed E-state index contributed by atoms with van der Waals surface area (Å²) in [5.41, 5.74) is 0. The minimum atomic E-state index is -2.94. The van der Waals surface area contributed by atoms with Crippen molar-refractivity contribution >= 4 is 18.2 Å². The molecule has 0 aliphatic carbocycles. The van der Waals surface area contributed by atoms with Gasteiger partial charge in [-0.1, -0.05) is 0 Å². The Morgan fingerprint density at radius 1 is 1.31 bits per heavy atom. The van der Waals surface area contributed by atoms with Gasteiger partial charge in [0, 0.05) is 12.4 Å². The molecule has 0 spiro atoms. The van der Waals surface area contributed by atoms with Crippen LogP contribution in [0.15, 0.2) is 0 Å². The summed E-state index contributed by atoms with van der Waals surface area (Å²) < 4.78 is 21.8. The Morgan fingerprint density at radius 3 is 2.23 bits per heavy atom. The van der Waals surface area contributed by atoms with Gasteiger partial charge in [0.1, 0.15) is 0 Å². The summed E-state index contributed by atoms with van der Waals surface area (Å²) in [6, 6.07) is 0. The quantitative estimate of drug-likeness (QED) is 0.510. The minimum Gasteiger partial charge on any atom is -0.396 e. The van der Waals surface area contributed by atoms with Crippen molar-refractivity contribution in [3.63, 3.8) is 0 Å². The third-order valence-corrected chi connectivity index (χ3v) is 5.19. The molecule has 0 atom stereocenters. The lowest BCUT2D eigenvalue weighted by Gasteiger charge is -2.15. The molecule has 0 saturated carbocycles. The van der Waals surface area contributed by atoms with Crippen LogP contribution in [0.25, 0.3) is 0 Å². The summed E-state index contributed by atoms with van der Waals surface area (Å²) >= 11 is 1.15. The first-order chi connectivity index (χ1) is 6.18. The van der Waals surface area contributed by atoms with Gasteiger partial charge in [0.25, 0.3) is 0 Å². The first kappa shape index (κ1) is 13.5. The molecular weight excluding hydrogens is 211 g/mol.